The number of hydrogen-bond acceptors (Lipinski definition) is 4. The van der Waals surface area contributed by atoms with Crippen molar-refractivity contribution in [1.82, 2.24) is 5.32 Å². The number of carboxylic acids is 1. The van der Waals surface area contributed by atoms with E-state index in [-0.39, 0.29) is 18.2 Å². The summed E-state index contributed by atoms with van der Waals surface area (Å²) in [5, 5.41) is 11.6. The second-order valence-corrected chi connectivity index (χ2v) is 5.46. The highest BCUT2D eigenvalue weighted by Gasteiger charge is 2.22. The molecule has 0 bridgehead atoms. The normalized spacial score (nSPS) is 11.8. The molecule has 0 saturated heterocycles. The van der Waals surface area contributed by atoms with E-state index in [4.69, 9.17) is 14.6 Å². The standard InChI is InChI=1S/C17H25NO5/c1-4-22-13-8-5-6-9-14(13)23-11-7-10-15(19)18-16(12(2)3)17(20)21/h5-6,8-9,12,16H,4,7,10-11H2,1-3H3,(H,18,19)(H,20,21). The Labute approximate surface area is 136 Å². The van der Waals surface area contributed by atoms with Crippen LogP contribution in [0, 0.1) is 5.92 Å². The van der Waals surface area contributed by atoms with Gasteiger partial charge in [-0.1, -0.05) is 26.0 Å². The Hall–Kier alpha value is -2.24. The Bertz CT molecular complexity index is 515. The molecule has 1 rings (SSSR count). The van der Waals surface area contributed by atoms with Crippen molar-refractivity contribution >= 4 is 11.9 Å². The monoisotopic (exact) mass is 323 g/mol. The lowest BCUT2D eigenvalue weighted by atomic mass is 10.0. The molecular weight excluding hydrogens is 298 g/mol. The van der Waals surface area contributed by atoms with Gasteiger partial charge in [-0.3, -0.25) is 4.79 Å². The minimum Gasteiger partial charge on any atom is -0.490 e. The van der Waals surface area contributed by atoms with Gasteiger partial charge in [-0.05, 0) is 31.4 Å². The van der Waals surface area contributed by atoms with Gasteiger partial charge in [-0.2, -0.15) is 0 Å². The number of benzene rings is 1. The maximum atomic E-state index is 11.8. The zero-order valence-electron chi connectivity index (χ0n) is 13.9. The summed E-state index contributed by atoms with van der Waals surface area (Å²) < 4.78 is 11.1. The van der Waals surface area contributed by atoms with Gasteiger partial charge in [-0.25, -0.2) is 4.79 Å². The van der Waals surface area contributed by atoms with Gasteiger partial charge < -0.3 is 19.9 Å². The van der Waals surface area contributed by atoms with Crippen molar-refractivity contribution in [3.05, 3.63) is 24.3 Å². The summed E-state index contributed by atoms with van der Waals surface area (Å²) in [6.45, 7) is 6.32. The van der Waals surface area contributed by atoms with Crippen LogP contribution in [-0.2, 0) is 9.59 Å². The zero-order chi connectivity index (χ0) is 17.2. The molecule has 0 aliphatic heterocycles. The summed E-state index contributed by atoms with van der Waals surface area (Å²) in [6.07, 6.45) is 0.712. The van der Waals surface area contributed by atoms with Gasteiger partial charge in [0.2, 0.25) is 5.91 Å². The van der Waals surface area contributed by atoms with Crippen molar-refractivity contribution in [3.8, 4) is 11.5 Å². The predicted molar refractivity (Wildman–Crippen MR) is 86.7 cm³/mol. The maximum absolute atomic E-state index is 11.8. The van der Waals surface area contributed by atoms with Crippen molar-refractivity contribution < 1.29 is 24.2 Å². The Balaban J connectivity index is 2.37. The fraction of sp³-hybridized carbons (Fsp3) is 0.529. The molecule has 6 heteroatoms. The van der Waals surface area contributed by atoms with Crippen molar-refractivity contribution in [3.63, 3.8) is 0 Å². The number of rotatable bonds is 10. The number of carboxylic acid groups (broad SMARTS) is 1. The van der Waals surface area contributed by atoms with Crippen LogP contribution < -0.4 is 14.8 Å². The molecule has 1 amide bonds. The maximum Gasteiger partial charge on any atom is 0.326 e. The average molecular weight is 323 g/mol. The van der Waals surface area contributed by atoms with Crippen LogP contribution in [0.15, 0.2) is 24.3 Å². The molecule has 6 nitrogen and oxygen atoms in total. The van der Waals surface area contributed by atoms with Gasteiger partial charge in [0, 0.05) is 6.42 Å². The first-order valence-corrected chi connectivity index (χ1v) is 7.82. The van der Waals surface area contributed by atoms with Crippen LogP contribution in [0.1, 0.15) is 33.6 Å². The molecule has 1 unspecified atom stereocenters. The highest BCUT2D eigenvalue weighted by Crippen LogP contribution is 2.26. The SMILES string of the molecule is CCOc1ccccc1OCCCC(=O)NC(C(=O)O)C(C)C. The highest BCUT2D eigenvalue weighted by molar-refractivity contribution is 5.83. The summed E-state index contributed by atoms with van der Waals surface area (Å²) in [6, 6.07) is 6.49. The highest BCUT2D eigenvalue weighted by atomic mass is 16.5. The van der Waals surface area contributed by atoms with E-state index in [1.165, 1.54) is 0 Å². The Morgan fingerprint density at radius 1 is 1.17 bits per heavy atom. The number of amides is 1. The van der Waals surface area contributed by atoms with E-state index < -0.39 is 12.0 Å². The minimum absolute atomic E-state index is 0.161. The van der Waals surface area contributed by atoms with E-state index in [0.29, 0.717) is 31.1 Å². The zero-order valence-corrected chi connectivity index (χ0v) is 13.9. The lowest BCUT2D eigenvalue weighted by Crippen LogP contribution is -2.44. The van der Waals surface area contributed by atoms with Crippen molar-refractivity contribution in [2.24, 2.45) is 5.92 Å². The van der Waals surface area contributed by atoms with Gasteiger partial charge in [0.15, 0.2) is 11.5 Å². The first-order chi connectivity index (χ1) is 11.0. The molecule has 0 aromatic heterocycles. The molecule has 2 N–H and O–H groups in total. The molecule has 0 spiro atoms. The Morgan fingerprint density at radius 2 is 1.78 bits per heavy atom. The molecule has 1 atom stereocenters. The van der Waals surface area contributed by atoms with Gasteiger partial charge >= 0.3 is 5.97 Å². The number of carbonyl (C=O) groups is 2. The molecule has 1 aromatic carbocycles. The second-order valence-electron chi connectivity index (χ2n) is 5.46. The van der Waals surface area contributed by atoms with Crippen LogP contribution in [0.3, 0.4) is 0 Å². The largest absolute Gasteiger partial charge is 0.490 e. The number of nitrogens with one attached hydrogen (secondary N) is 1. The lowest BCUT2D eigenvalue weighted by molar-refractivity contribution is -0.143. The number of carbonyl (C=O) groups excluding carboxylic acids is 1. The van der Waals surface area contributed by atoms with Gasteiger partial charge in [0.05, 0.1) is 13.2 Å². The Morgan fingerprint density at radius 3 is 2.30 bits per heavy atom. The molecule has 128 valence electrons. The van der Waals surface area contributed by atoms with Gasteiger partial charge in [-0.15, -0.1) is 0 Å². The first-order valence-electron chi connectivity index (χ1n) is 7.82. The smallest absolute Gasteiger partial charge is 0.326 e. The van der Waals surface area contributed by atoms with Crippen LogP contribution >= 0.6 is 0 Å². The molecule has 0 saturated carbocycles. The predicted octanol–water partition coefficient (Wildman–Crippen LogP) is 2.47. The van der Waals surface area contributed by atoms with Crippen LogP contribution in [-0.4, -0.2) is 36.2 Å². The van der Waals surface area contributed by atoms with E-state index in [0.717, 1.165) is 0 Å². The molecule has 0 aliphatic carbocycles. The van der Waals surface area contributed by atoms with E-state index in [1.807, 2.05) is 31.2 Å². The van der Waals surface area contributed by atoms with E-state index in [1.54, 1.807) is 13.8 Å². The number of ether oxygens (including phenoxy) is 2. The van der Waals surface area contributed by atoms with Crippen molar-refractivity contribution in [2.75, 3.05) is 13.2 Å². The van der Waals surface area contributed by atoms with E-state index in [9.17, 15) is 9.59 Å². The van der Waals surface area contributed by atoms with E-state index >= 15 is 0 Å². The molecule has 1 aromatic rings. The van der Waals surface area contributed by atoms with Gasteiger partial charge in [0.1, 0.15) is 6.04 Å². The van der Waals surface area contributed by atoms with Crippen LogP contribution in [0.4, 0.5) is 0 Å². The summed E-state index contributed by atoms with van der Waals surface area (Å²) in [5.74, 6) is -0.153. The van der Waals surface area contributed by atoms with Crippen LogP contribution in [0.5, 0.6) is 11.5 Å². The molecule has 0 heterocycles. The second kappa shape index (κ2) is 9.71. The summed E-state index contributed by atoms with van der Waals surface area (Å²) in [4.78, 5) is 22.8. The number of hydrogen-bond donors (Lipinski definition) is 2. The third-order valence-electron chi connectivity index (χ3n) is 3.20. The Kier molecular flexibility index (Phi) is 7.94. The molecular formula is C17H25NO5. The third kappa shape index (κ3) is 6.59. The fourth-order valence-corrected chi connectivity index (χ4v) is 2.02. The molecule has 23 heavy (non-hydrogen) atoms. The quantitative estimate of drug-likeness (QED) is 0.646. The molecule has 0 radical (unpaired) electrons. The topological polar surface area (TPSA) is 84.9 Å². The summed E-state index contributed by atoms with van der Waals surface area (Å²) in [7, 11) is 0. The lowest BCUT2D eigenvalue weighted by Gasteiger charge is -2.18. The number of para-hydroxylation sites is 2. The summed E-state index contributed by atoms with van der Waals surface area (Å²) >= 11 is 0. The third-order valence-corrected chi connectivity index (χ3v) is 3.20. The van der Waals surface area contributed by atoms with Crippen LogP contribution in [0.2, 0.25) is 0 Å². The van der Waals surface area contributed by atoms with Crippen molar-refractivity contribution in [1.29, 1.82) is 0 Å². The first kappa shape index (κ1) is 18.8. The fourth-order valence-electron chi connectivity index (χ4n) is 2.02. The molecule has 0 aliphatic rings. The van der Waals surface area contributed by atoms with Gasteiger partial charge in [0.25, 0.3) is 0 Å². The van der Waals surface area contributed by atoms with E-state index in [2.05, 4.69) is 5.32 Å². The van der Waals surface area contributed by atoms with Crippen LogP contribution in [0.25, 0.3) is 0 Å². The van der Waals surface area contributed by atoms with Crippen molar-refractivity contribution in [2.45, 2.75) is 39.7 Å². The minimum atomic E-state index is -1.02. The number of aliphatic carboxylic acids is 1. The average Bonchev–Trinajstić information content (AvgIpc) is 2.50. The summed E-state index contributed by atoms with van der Waals surface area (Å²) in [5.41, 5.74) is 0. The molecule has 0 fully saturated rings.